The third-order valence-corrected chi connectivity index (χ3v) is 12.4. The molecule has 0 saturated heterocycles. The molecule has 2 aromatic heterocycles. The first-order valence-corrected chi connectivity index (χ1v) is 21.9. The Labute approximate surface area is 376 Å². The Morgan fingerprint density at radius 1 is 0.231 bits per heavy atom. The first-order valence-electron chi connectivity index (χ1n) is 21.9. The summed E-state index contributed by atoms with van der Waals surface area (Å²) in [6.45, 7) is 0. The molecule has 0 radical (unpaired) electrons. The van der Waals surface area contributed by atoms with Gasteiger partial charge in [0.15, 0.2) is 17.5 Å². The van der Waals surface area contributed by atoms with Gasteiger partial charge in [0.1, 0.15) is 11.2 Å². The van der Waals surface area contributed by atoms with Gasteiger partial charge < -0.3 is 4.42 Å². The monoisotopic (exact) mass is 829 g/mol. The van der Waals surface area contributed by atoms with Crippen molar-refractivity contribution in [1.82, 2.24) is 15.0 Å². The largest absolute Gasteiger partial charge is 0.455 e. The van der Waals surface area contributed by atoms with Crippen molar-refractivity contribution in [2.75, 3.05) is 0 Å². The van der Waals surface area contributed by atoms with E-state index in [0.29, 0.717) is 17.5 Å². The SMILES string of the molecule is c1ccc(-c2ccc(-c3nc(-c4cccc(-c5ccc(-c6ccc(-c7cccc8c7oc7ccccc78)cc6)c6ccccc56)c4)nc(-c4ccccc4-c4ccccc4)n3)cc2)cc1. The molecule has 304 valence electrons. The lowest BCUT2D eigenvalue weighted by molar-refractivity contribution is 0.670. The first-order chi connectivity index (χ1) is 32.2. The maximum Gasteiger partial charge on any atom is 0.164 e. The van der Waals surface area contributed by atoms with E-state index in [9.17, 15) is 0 Å². The molecule has 65 heavy (non-hydrogen) atoms. The molecule has 0 spiro atoms. The Balaban J connectivity index is 0.933. The molecule has 0 unspecified atom stereocenters. The summed E-state index contributed by atoms with van der Waals surface area (Å²) in [5.41, 5.74) is 15.8. The summed E-state index contributed by atoms with van der Waals surface area (Å²) in [5.74, 6) is 1.85. The van der Waals surface area contributed by atoms with Crippen molar-refractivity contribution in [3.63, 3.8) is 0 Å². The van der Waals surface area contributed by atoms with Crippen LogP contribution in [0.25, 0.3) is 123 Å². The van der Waals surface area contributed by atoms with Crippen molar-refractivity contribution < 1.29 is 4.42 Å². The average molecular weight is 830 g/mol. The third-order valence-electron chi connectivity index (χ3n) is 12.4. The molecule has 0 N–H and O–H groups in total. The van der Waals surface area contributed by atoms with Crippen LogP contribution in [-0.2, 0) is 0 Å². The van der Waals surface area contributed by atoms with Crippen LogP contribution in [0.4, 0.5) is 0 Å². The van der Waals surface area contributed by atoms with Crippen LogP contribution >= 0.6 is 0 Å². The van der Waals surface area contributed by atoms with Gasteiger partial charge in [0.05, 0.1) is 0 Å². The summed E-state index contributed by atoms with van der Waals surface area (Å²) in [5, 5.41) is 4.62. The van der Waals surface area contributed by atoms with Crippen LogP contribution in [0.2, 0.25) is 0 Å². The molecule has 0 amide bonds. The number of aromatic nitrogens is 3. The van der Waals surface area contributed by atoms with Crippen LogP contribution in [0, 0.1) is 0 Å². The van der Waals surface area contributed by atoms with E-state index < -0.39 is 0 Å². The van der Waals surface area contributed by atoms with Gasteiger partial charge in [-0.1, -0.05) is 224 Å². The Morgan fingerprint density at radius 3 is 1.38 bits per heavy atom. The molecule has 0 saturated carbocycles. The number of hydrogen-bond donors (Lipinski definition) is 0. The lowest BCUT2D eigenvalue weighted by Gasteiger charge is -2.14. The fourth-order valence-electron chi connectivity index (χ4n) is 9.18. The molecule has 0 bridgehead atoms. The molecule has 2 heterocycles. The molecule has 0 aliphatic rings. The molecule has 12 aromatic rings. The zero-order valence-electron chi connectivity index (χ0n) is 35.3. The molecule has 4 nitrogen and oxygen atoms in total. The second kappa shape index (κ2) is 16.2. The van der Waals surface area contributed by atoms with Crippen LogP contribution in [0.1, 0.15) is 0 Å². The number of nitrogens with zero attached hydrogens (tertiary/aromatic N) is 3. The summed E-state index contributed by atoms with van der Waals surface area (Å²) in [4.78, 5) is 15.6. The molecule has 0 atom stereocenters. The summed E-state index contributed by atoms with van der Waals surface area (Å²) >= 11 is 0. The van der Waals surface area contributed by atoms with Crippen molar-refractivity contribution in [3.05, 3.63) is 237 Å². The average Bonchev–Trinajstić information content (AvgIpc) is 3.78. The molecule has 10 aromatic carbocycles. The van der Waals surface area contributed by atoms with Gasteiger partial charge in [-0.05, 0) is 73.0 Å². The fourth-order valence-corrected chi connectivity index (χ4v) is 9.18. The third kappa shape index (κ3) is 7.04. The van der Waals surface area contributed by atoms with Gasteiger partial charge in [-0.25, -0.2) is 15.0 Å². The predicted molar refractivity (Wildman–Crippen MR) is 268 cm³/mol. The number of benzene rings is 10. The number of rotatable bonds is 8. The van der Waals surface area contributed by atoms with E-state index in [-0.39, 0.29) is 0 Å². The minimum absolute atomic E-state index is 0.612. The van der Waals surface area contributed by atoms with Gasteiger partial charge >= 0.3 is 0 Å². The maximum absolute atomic E-state index is 6.38. The molecular weight excluding hydrogens is 791 g/mol. The normalized spacial score (nSPS) is 11.4. The van der Waals surface area contributed by atoms with Gasteiger partial charge in [0.25, 0.3) is 0 Å². The van der Waals surface area contributed by atoms with Crippen molar-refractivity contribution in [2.24, 2.45) is 0 Å². The lowest BCUT2D eigenvalue weighted by atomic mass is 9.91. The fraction of sp³-hybridized carbons (Fsp3) is 0. The molecular formula is C61H39N3O. The van der Waals surface area contributed by atoms with Gasteiger partial charge in [0, 0.05) is 33.0 Å². The lowest BCUT2D eigenvalue weighted by Crippen LogP contribution is -2.01. The summed E-state index contributed by atoms with van der Waals surface area (Å²) < 4.78 is 6.38. The maximum atomic E-state index is 6.38. The highest BCUT2D eigenvalue weighted by atomic mass is 16.3. The van der Waals surface area contributed by atoms with E-state index in [1.807, 2.05) is 30.3 Å². The molecule has 0 fully saturated rings. The van der Waals surface area contributed by atoms with Gasteiger partial charge in [-0.15, -0.1) is 0 Å². The van der Waals surface area contributed by atoms with Crippen LogP contribution in [-0.4, -0.2) is 15.0 Å². The van der Waals surface area contributed by atoms with Crippen molar-refractivity contribution in [3.8, 4) is 89.8 Å². The number of furan rings is 1. The van der Waals surface area contributed by atoms with E-state index in [1.54, 1.807) is 0 Å². The minimum atomic E-state index is 0.612. The van der Waals surface area contributed by atoms with E-state index in [0.717, 1.165) is 88.7 Å². The summed E-state index contributed by atoms with van der Waals surface area (Å²) in [7, 11) is 0. The zero-order valence-corrected chi connectivity index (χ0v) is 35.3. The van der Waals surface area contributed by atoms with E-state index in [1.165, 1.54) is 16.3 Å². The summed E-state index contributed by atoms with van der Waals surface area (Å²) in [6, 6.07) is 82.9. The number of fused-ring (bicyclic) bond motifs is 4. The van der Waals surface area contributed by atoms with E-state index in [4.69, 9.17) is 19.4 Å². The Bertz CT molecular complexity index is 3690. The standard InChI is InChI=1S/C61H39N3O/c1-3-15-40(16-4-1)41-29-35-45(36-30-41)59-62-60(64-61(63-59)56-25-10-7-21-48(56)42-17-5-2-6-18-42)47-20-13-19-46(39-47)50-38-37-49(52-22-8-9-23-53(50)52)43-31-33-44(34-32-43)51-26-14-27-55-54-24-11-12-28-57(54)65-58(51)55/h1-39H. The topological polar surface area (TPSA) is 51.8 Å². The van der Waals surface area contributed by atoms with Gasteiger partial charge in [-0.2, -0.15) is 0 Å². The second-order valence-corrected chi connectivity index (χ2v) is 16.3. The zero-order chi connectivity index (χ0) is 43.1. The quantitative estimate of drug-likeness (QED) is 0.153. The van der Waals surface area contributed by atoms with E-state index >= 15 is 0 Å². The van der Waals surface area contributed by atoms with Gasteiger partial charge in [-0.3, -0.25) is 0 Å². The minimum Gasteiger partial charge on any atom is -0.455 e. The predicted octanol–water partition coefficient (Wildman–Crippen LogP) is 16.3. The molecule has 12 rings (SSSR count). The smallest absolute Gasteiger partial charge is 0.164 e. The number of hydrogen-bond acceptors (Lipinski definition) is 4. The summed E-state index contributed by atoms with van der Waals surface area (Å²) in [6.07, 6.45) is 0. The Kier molecular flexibility index (Phi) is 9.46. The number of para-hydroxylation sites is 2. The van der Waals surface area contributed by atoms with Crippen molar-refractivity contribution in [1.29, 1.82) is 0 Å². The Morgan fingerprint density at radius 2 is 0.662 bits per heavy atom. The highest BCUT2D eigenvalue weighted by molar-refractivity contribution is 6.10. The van der Waals surface area contributed by atoms with Crippen molar-refractivity contribution >= 4 is 32.7 Å². The molecule has 4 heteroatoms. The highest BCUT2D eigenvalue weighted by Crippen LogP contribution is 2.40. The molecule has 0 aliphatic heterocycles. The second-order valence-electron chi connectivity index (χ2n) is 16.3. The van der Waals surface area contributed by atoms with Crippen LogP contribution in [0.5, 0.6) is 0 Å². The highest BCUT2D eigenvalue weighted by Gasteiger charge is 2.18. The molecule has 0 aliphatic carbocycles. The first kappa shape index (κ1) is 38.0. The van der Waals surface area contributed by atoms with Gasteiger partial charge in [0.2, 0.25) is 0 Å². The van der Waals surface area contributed by atoms with Crippen molar-refractivity contribution in [2.45, 2.75) is 0 Å². The van der Waals surface area contributed by atoms with Crippen LogP contribution < -0.4 is 0 Å². The van der Waals surface area contributed by atoms with Crippen LogP contribution in [0.3, 0.4) is 0 Å². The van der Waals surface area contributed by atoms with E-state index in [2.05, 4.69) is 206 Å². The Hall–Kier alpha value is -8.73. The van der Waals surface area contributed by atoms with Crippen LogP contribution in [0.15, 0.2) is 241 Å².